The summed E-state index contributed by atoms with van der Waals surface area (Å²) in [6, 6.07) is 0. The molecule has 1 N–H and O–H groups in total. The fraction of sp³-hybridized carbons (Fsp3) is 0.857. The van der Waals surface area contributed by atoms with E-state index in [0.29, 0.717) is 19.5 Å². The molecule has 1 aliphatic carbocycles. The van der Waals surface area contributed by atoms with E-state index >= 15 is 0 Å². The number of hydrogen-bond donors (Lipinski definition) is 1. The minimum absolute atomic E-state index is 0.0400. The van der Waals surface area contributed by atoms with Crippen molar-refractivity contribution in [2.24, 2.45) is 0 Å². The second-order valence-electron chi connectivity index (χ2n) is 5.90. The van der Waals surface area contributed by atoms with E-state index in [9.17, 15) is 9.59 Å². The van der Waals surface area contributed by atoms with Crippen LogP contribution in [0.15, 0.2) is 0 Å². The predicted octanol–water partition coefficient (Wildman–Crippen LogP) is 0.599. The van der Waals surface area contributed by atoms with Gasteiger partial charge in [0.15, 0.2) is 0 Å². The van der Waals surface area contributed by atoms with Gasteiger partial charge in [0.2, 0.25) is 11.8 Å². The van der Waals surface area contributed by atoms with Crippen LogP contribution in [0.4, 0.5) is 0 Å². The van der Waals surface area contributed by atoms with Crippen LogP contribution < -0.4 is 5.32 Å². The van der Waals surface area contributed by atoms with E-state index in [4.69, 9.17) is 0 Å². The van der Waals surface area contributed by atoms with E-state index in [1.54, 1.807) is 16.8 Å². The molecule has 2 aliphatic rings. The van der Waals surface area contributed by atoms with Crippen LogP contribution in [0, 0.1) is 0 Å². The maximum atomic E-state index is 12.4. The molecule has 1 heterocycles. The quantitative estimate of drug-likeness (QED) is 0.814. The highest BCUT2D eigenvalue weighted by Crippen LogP contribution is 2.31. The summed E-state index contributed by atoms with van der Waals surface area (Å²) < 4.78 is 0. The van der Waals surface area contributed by atoms with Crippen molar-refractivity contribution in [3.63, 3.8) is 0 Å². The second kappa shape index (κ2) is 5.90. The Bertz CT molecular complexity index is 351. The van der Waals surface area contributed by atoms with E-state index in [2.05, 4.69) is 5.32 Å². The lowest BCUT2D eigenvalue weighted by Gasteiger charge is -2.39. The molecule has 0 aromatic heterocycles. The monoisotopic (exact) mass is 267 g/mol. The van der Waals surface area contributed by atoms with Gasteiger partial charge in [0.25, 0.3) is 0 Å². The second-order valence-corrected chi connectivity index (χ2v) is 5.90. The standard InChI is InChI=1S/C14H25N3O2/c1-15-14(6-4-3-5-7-14)10-12(18)17-9-8-16(2)13(19)11-17/h15H,3-11H2,1-2H3. The molecule has 1 aliphatic heterocycles. The number of carbonyl (C=O) groups excluding carboxylic acids is 2. The lowest BCUT2D eigenvalue weighted by atomic mass is 9.79. The number of nitrogens with one attached hydrogen (secondary N) is 1. The Hall–Kier alpha value is -1.10. The Morgan fingerprint density at radius 2 is 1.95 bits per heavy atom. The highest BCUT2D eigenvalue weighted by atomic mass is 16.2. The first-order chi connectivity index (χ1) is 9.06. The van der Waals surface area contributed by atoms with Crippen molar-refractivity contribution in [3.05, 3.63) is 0 Å². The molecule has 0 bridgehead atoms. The Labute approximate surface area is 115 Å². The molecule has 0 unspecified atom stereocenters. The predicted molar refractivity (Wildman–Crippen MR) is 73.7 cm³/mol. The van der Waals surface area contributed by atoms with Gasteiger partial charge in [-0.2, -0.15) is 0 Å². The first kappa shape index (κ1) is 14.3. The molecule has 0 aromatic carbocycles. The van der Waals surface area contributed by atoms with Crippen molar-refractivity contribution in [2.45, 2.75) is 44.1 Å². The van der Waals surface area contributed by atoms with Gasteiger partial charge < -0.3 is 15.1 Å². The molecular formula is C14H25N3O2. The summed E-state index contributed by atoms with van der Waals surface area (Å²) in [7, 11) is 3.74. The van der Waals surface area contributed by atoms with E-state index in [-0.39, 0.29) is 23.9 Å². The molecule has 19 heavy (non-hydrogen) atoms. The van der Waals surface area contributed by atoms with Gasteiger partial charge >= 0.3 is 0 Å². The van der Waals surface area contributed by atoms with Crippen molar-refractivity contribution in [1.29, 1.82) is 0 Å². The molecule has 0 radical (unpaired) electrons. The van der Waals surface area contributed by atoms with Crippen LogP contribution in [0.2, 0.25) is 0 Å². The number of amides is 2. The Balaban J connectivity index is 1.94. The molecule has 0 aromatic rings. The Morgan fingerprint density at radius 1 is 1.26 bits per heavy atom. The minimum atomic E-state index is -0.0400. The molecule has 0 atom stereocenters. The number of nitrogens with zero attached hydrogens (tertiary/aromatic N) is 2. The van der Waals surface area contributed by atoms with Crippen LogP contribution in [-0.2, 0) is 9.59 Å². The number of hydrogen-bond acceptors (Lipinski definition) is 3. The molecule has 2 fully saturated rings. The molecule has 1 saturated heterocycles. The van der Waals surface area contributed by atoms with Crippen molar-refractivity contribution in [1.82, 2.24) is 15.1 Å². The average molecular weight is 267 g/mol. The summed E-state index contributed by atoms with van der Waals surface area (Å²) in [4.78, 5) is 27.5. The molecule has 2 rings (SSSR count). The zero-order valence-electron chi connectivity index (χ0n) is 12.1. The van der Waals surface area contributed by atoms with E-state index in [1.165, 1.54) is 19.3 Å². The summed E-state index contributed by atoms with van der Waals surface area (Å²) in [5, 5.41) is 3.36. The molecule has 5 nitrogen and oxygen atoms in total. The lowest BCUT2D eigenvalue weighted by molar-refractivity contribution is -0.145. The normalized spacial score (nSPS) is 23.6. The van der Waals surface area contributed by atoms with Gasteiger partial charge in [0.1, 0.15) is 0 Å². The van der Waals surface area contributed by atoms with Crippen LogP contribution in [-0.4, -0.2) is 60.9 Å². The Morgan fingerprint density at radius 3 is 2.53 bits per heavy atom. The first-order valence-corrected chi connectivity index (χ1v) is 7.27. The summed E-state index contributed by atoms with van der Waals surface area (Å²) in [6.07, 6.45) is 6.31. The topological polar surface area (TPSA) is 52.7 Å². The van der Waals surface area contributed by atoms with Crippen molar-refractivity contribution < 1.29 is 9.59 Å². The van der Waals surface area contributed by atoms with Crippen molar-refractivity contribution in [2.75, 3.05) is 33.7 Å². The number of rotatable bonds is 3. The zero-order chi connectivity index (χ0) is 13.9. The largest absolute Gasteiger partial charge is 0.342 e. The maximum absolute atomic E-state index is 12.4. The van der Waals surface area contributed by atoms with E-state index in [1.807, 2.05) is 7.05 Å². The van der Waals surface area contributed by atoms with E-state index in [0.717, 1.165) is 12.8 Å². The third-order valence-electron chi connectivity index (χ3n) is 4.64. The van der Waals surface area contributed by atoms with Gasteiger partial charge in [0, 0.05) is 32.1 Å². The summed E-state index contributed by atoms with van der Waals surface area (Å²) >= 11 is 0. The minimum Gasteiger partial charge on any atom is -0.342 e. The Kier molecular flexibility index (Phi) is 4.45. The van der Waals surface area contributed by atoms with Crippen LogP contribution >= 0.6 is 0 Å². The SMILES string of the molecule is CNC1(CC(=O)N2CCN(C)C(=O)C2)CCCCC1. The van der Waals surface area contributed by atoms with Gasteiger partial charge in [-0.3, -0.25) is 9.59 Å². The number of likely N-dealkylation sites (N-methyl/N-ethyl adjacent to an activating group) is 1. The third kappa shape index (κ3) is 3.26. The van der Waals surface area contributed by atoms with Gasteiger partial charge in [-0.05, 0) is 19.9 Å². The van der Waals surface area contributed by atoms with E-state index < -0.39 is 0 Å². The fourth-order valence-corrected chi connectivity index (χ4v) is 3.12. The molecule has 0 spiro atoms. The fourth-order valence-electron chi connectivity index (χ4n) is 3.12. The van der Waals surface area contributed by atoms with Gasteiger partial charge in [-0.15, -0.1) is 0 Å². The number of piperazine rings is 1. The average Bonchev–Trinajstić information content (AvgIpc) is 2.43. The summed E-state index contributed by atoms with van der Waals surface area (Å²) in [5.41, 5.74) is -0.0400. The molecular weight excluding hydrogens is 242 g/mol. The molecule has 5 heteroatoms. The highest BCUT2D eigenvalue weighted by Gasteiger charge is 2.35. The zero-order valence-corrected chi connectivity index (χ0v) is 12.1. The molecule has 2 amide bonds. The van der Waals surface area contributed by atoms with Gasteiger partial charge in [0.05, 0.1) is 6.54 Å². The van der Waals surface area contributed by atoms with Crippen LogP contribution in [0.5, 0.6) is 0 Å². The first-order valence-electron chi connectivity index (χ1n) is 7.27. The smallest absolute Gasteiger partial charge is 0.241 e. The van der Waals surface area contributed by atoms with Gasteiger partial charge in [-0.1, -0.05) is 19.3 Å². The van der Waals surface area contributed by atoms with Crippen molar-refractivity contribution in [3.8, 4) is 0 Å². The van der Waals surface area contributed by atoms with Crippen LogP contribution in [0.3, 0.4) is 0 Å². The maximum Gasteiger partial charge on any atom is 0.241 e. The van der Waals surface area contributed by atoms with Crippen LogP contribution in [0.1, 0.15) is 38.5 Å². The third-order valence-corrected chi connectivity index (χ3v) is 4.64. The molecule has 108 valence electrons. The van der Waals surface area contributed by atoms with Crippen LogP contribution in [0.25, 0.3) is 0 Å². The molecule has 1 saturated carbocycles. The summed E-state index contributed by atoms with van der Waals surface area (Å²) in [6.45, 7) is 1.56. The van der Waals surface area contributed by atoms with Crippen molar-refractivity contribution >= 4 is 11.8 Å². The lowest BCUT2D eigenvalue weighted by Crippen LogP contribution is -2.54. The number of carbonyl (C=O) groups is 2. The highest BCUT2D eigenvalue weighted by molar-refractivity contribution is 5.86. The summed E-state index contributed by atoms with van der Waals surface area (Å²) in [5.74, 6) is 0.166. The van der Waals surface area contributed by atoms with Gasteiger partial charge in [-0.25, -0.2) is 0 Å².